The Kier molecular flexibility index (Phi) is 5.80. The minimum atomic E-state index is -1.06. The van der Waals surface area contributed by atoms with Gasteiger partial charge in [0.15, 0.2) is 0 Å². The number of aromatic nitrogens is 2. The quantitative estimate of drug-likeness (QED) is 0.706. The number of methoxy groups -OCH3 is 1. The number of aryl methyl sites for hydroxylation is 1. The zero-order chi connectivity index (χ0) is 14.3. The summed E-state index contributed by atoms with van der Waals surface area (Å²) in [7, 11) is 3.27. The van der Waals surface area contributed by atoms with Crippen molar-refractivity contribution in [2.75, 3.05) is 26.8 Å². The van der Waals surface area contributed by atoms with Crippen molar-refractivity contribution in [2.45, 2.75) is 6.54 Å². The van der Waals surface area contributed by atoms with Crippen LogP contribution in [0.5, 0.6) is 0 Å². The lowest BCUT2D eigenvalue weighted by Crippen LogP contribution is -2.44. The fraction of sp³-hybridized carbons (Fsp3) is 0.545. The molecule has 0 aliphatic heterocycles. The molecule has 8 nitrogen and oxygen atoms in total. The molecule has 0 unspecified atom stereocenters. The summed E-state index contributed by atoms with van der Waals surface area (Å²) in [6.07, 6.45) is 3.41. The zero-order valence-corrected chi connectivity index (χ0v) is 11.0. The highest BCUT2D eigenvalue weighted by atomic mass is 16.5. The molecular formula is C11H18N4O4. The molecular weight excluding hydrogens is 252 g/mol. The first kappa shape index (κ1) is 15.0. The van der Waals surface area contributed by atoms with E-state index in [4.69, 9.17) is 9.84 Å². The zero-order valence-electron chi connectivity index (χ0n) is 11.0. The SMILES string of the molecule is COCCN(CC(=O)O)C(=O)NCc1cnn(C)c1. The first-order chi connectivity index (χ1) is 9.02. The van der Waals surface area contributed by atoms with Crippen LogP contribution >= 0.6 is 0 Å². The molecule has 1 aromatic heterocycles. The Labute approximate surface area is 110 Å². The molecule has 106 valence electrons. The summed E-state index contributed by atoms with van der Waals surface area (Å²) in [4.78, 5) is 23.7. The fourth-order valence-corrected chi connectivity index (χ4v) is 1.47. The monoisotopic (exact) mass is 270 g/mol. The van der Waals surface area contributed by atoms with E-state index in [0.29, 0.717) is 6.54 Å². The molecule has 8 heteroatoms. The Morgan fingerprint density at radius 2 is 2.32 bits per heavy atom. The van der Waals surface area contributed by atoms with Gasteiger partial charge in [0, 0.05) is 39.0 Å². The maximum atomic E-state index is 11.8. The number of rotatable bonds is 7. The van der Waals surface area contributed by atoms with E-state index in [0.717, 1.165) is 5.56 Å². The molecule has 0 spiro atoms. The largest absolute Gasteiger partial charge is 0.480 e. The number of urea groups is 1. The molecule has 0 bridgehead atoms. The van der Waals surface area contributed by atoms with Gasteiger partial charge in [-0.2, -0.15) is 5.10 Å². The molecule has 0 aliphatic carbocycles. The first-order valence-corrected chi connectivity index (χ1v) is 5.74. The molecule has 1 rings (SSSR count). The van der Waals surface area contributed by atoms with Crippen LogP contribution in [0.2, 0.25) is 0 Å². The van der Waals surface area contributed by atoms with Gasteiger partial charge in [0.2, 0.25) is 0 Å². The molecule has 2 amide bonds. The third kappa shape index (κ3) is 5.38. The highest BCUT2D eigenvalue weighted by Crippen LogP contribution is 1.97. The van der Waals surface area contributed by atoms with Crippen molar-refractivity contribution in [3.05, 3.63) is 18.0 Å². The number of aliphatic carboxylic acids is 1. The highest BCUT2D eigenvalue weighted by Gasteiger charge is 2.16. The maximum absolute atomic E-state index is 11.8. The summed E-state index contributed by atoms with van der Waals surface area (Å²) in [6, 6.07) is -0.441. The topological polar surface area (TPSA) is 96.7 Å². The van der Waals surface area contributed by atoms with Crippen LogP contribution < -0.4 is 5.32 Å². The van der Waals surface area contributed by atoms with Gasteiger partial charge in [0.1, 0.15) is 6.54 Å². The molecule has 0 aliphatic rings. The lowest BCUT2D eigenvalue weighted by molar-refractivity contribution is -0.137. The summed E-state index contributed by atoms with van der Waals surface area (Å²) in [5.41, 5.74) is 0.845. The fourth-order valence-electron chi connectivity index (χ4n) is 1.47. The lowest BCUT2D eigenvalue weighted by atomic mass is 10.3. The summed E-state index contributed by atoms with van der Waals surface area (Å²) < 4.78 is 6.47. The van der Waals surface area contributed by atoms with Gasteiger partial charge in [-0.15, -0.1) is 0 Å². The standard InChI is InChI=1S/C11H18N4O4/c1-14-7-9(6-13-14)5-12-11(18)15(3-4-19-2)8-10(16)17/h6-7H,3-5,8H2,1-2H3,(H,12,18)(H,16,17). The normalized spacial score (nSPS) is 10.2. The molecule has 0 radical (unpaired) electrons. The molecule has 0 fully saturated rings. The number of carbonyl (C=O) groups excluding carboxylic acids is 1. The van der Waals surface area contributed by atoms with E-state index < -0.39 is 12.0 Å². The second kappa shape index (κ2) is 7.37. The molecule has 1 aromatic rings. The van der Waals surface area contributed by atoms with Crippen molar-refractivity contribution in [2.24, 2.45) is 7.05 Å². The van der Waals surface area contributed by atoms with E-state index in [1.807, 2.05) is 0 Å². The van der Waals surface area contributed by atoms with Crippen LogP contribution in [-0.4, -0.2) is 58.6 Å². The van der Waals surface area contributed by atoms with Crippen molar-refractivity contribution < 1.29 is 19.4 Å². The van der Waals surface area contributed by atoms with E-state index in [9.17, 15) is 9.59 Å². The van der Waals surface area contributed by atoms with Crippen LogP contribution in [0.3, 0.4) is 0 Å². The number of hydrogen-bond donors (Lipinski definition) is 2. The van der Waals surface area contributed by atoms with Crippen molar-refractivity contribution in [1.82, 2.24) is 20.0 Å². The van der Waals surface area contributed by atoms with E-state index >= 15 is 0 Å². The number of carboxylic acids is 1. The Morgan fingerprint density at radius 1 is 1.58 bits per heavy atom. The summed E-state index contributed by atoms with van der Waals surface area (Å²) in [5, 5.41) is 15.4. The van der Waals surface area contributed by atoms with E-state index in [-0.39, 0.29) is 19.7 Å². The van der Waals surface area contributed by atoms with Crippen LogP contribution in [0.4, 0.5) is 4.79 Å². The molecule has 0 saturated carbocycles. The predicted molar refractivity (Wildman–Crippen MR) is 66.5 cm³/mol. The van der Waals surface area contributed by atoms with Gasteiger partial charge < -0.3 is 20.1 Å². The summed E-state index contributed by atoms with van der Waals surface area (Å²) in [6.45, 7) is 0.452. The predicted octanol–water partition coefficient (Wildman–Crippen LogP) is -0.337. The minimum absolute atomic E-state index is 0.224. The van der Waals surface area contributed by atoms with Gasteiger partial charge in [-0.05, 0) is 0 Å². The average Bonchev–Trinajstić information content (AvgIpc) is 2.77. The molecule has 0 saturated heterocycles. The van der Waals surface area contributed by atoms with E-state index in [2.05, 4.69) is 10.4 Å². The highest BCUT2D eigenvalue weighted by molar-refractivity contribution is 5.80. The first-order valence-electron chi connectivity index (χ1n) is 5.74. The minimum Gasteiger partial charge on any atom is -0.480 e. The van der Waals surface area contributed by atoms with E-state index in [1.165, 1.54) is 12.0 Å². The summed E-state index contributed by atoms with van der Waals surface area (Å²) in [5.74, 6) is -1.06. The van der Waals surface area contributed by atoms with Crippen molar-refractivity contribution >= 4 is 12.0 Å². The lowest BCUT2D eigenvalue weighted by Gasteiger charge is -2.20. The number of hydrogen-bond acceptors (Lipinski definition) is 4. The number of carbonyl (C=O) groups is 2. The Balaban J connectivity index is 2.48. The smallest absolute Gasteiger partial charge is 0.323 e. The maximum Gasteiger partial charge on any atom is 0.323 e. The van der Waals surface area contributed by atoms with Crippen LogP contribution in [0, 0.1) is 0 Å². The number of nitrogens with one attached hydrogen (secondary N) is 1. The molecule has 2 N–H and O–H groups in total. The Bertz CT molecular complexity index is 432. The van der Waals surface area contributed by atoms with Crippen molar-refractivity contribution in [3.8, 4) is 0 Å². The number of amides is 2. The van der Waals surface area contributed by atoms with Gasteiger partial charge in [0.25, 0.3) is 0 Å². The van der Waals surface area contributed by atoms with Crippen LogP contribution in [0.15, 0.2) is 12.4 Å². The molecule has 0 atom stereocenters. The van der Waals surface area contributed by atoms with Crippen LogP contribution in [-0.2, 0) is 23.1 Å². The third-order valence-electron chi connectivity index (χ3n) is 2.38. The number of ether oxygens (including phenoxy) is 1. The van der Waals surface area contributed by atoms with Crippen molar-refractivity contribution in [1.29, 1.82) is 0 Å². The van der Waals surface area contributed by atoms with E-state index in [1.54, 1.807) is 24.1 Å². The van der Waals surface area contributed by atoms with Crippen LogP contribution in [0.25, 0.3) is 0 Å². The van der Waals surface area contributed by atoms with Crippen LogP contribution in [0.1, 0.15) is 5.56 Å². The van der Waals surface area contributed by atoms with Gasteiger partial charge in [-0.3, -0.25) is 9.48 Å². The second-order valence-corrected chi connectivity index (χ2v) is 3.99. The third-order valence-corrected chi connectivity index (χ3v) is 2.38. The number of carboxylic acid groups (broad SMARTS) is 1. The van der Waals surface area contributed by atoms with Gasteiger partial charge in [-0.25, -0.2) is 4.79 Å². The van der Waals surface area contributed by atoms with Gasteiger partial charge in [-0.1, -0.05) is 0 Å². The Morgan fingerprint density at radius 3 is 2.84 bits per heavy atom. The van der Waals surface area contributed by atoms with Crippen molar-refractivity contribution in [3.63, 3.8) is 0 Å². The number of nitrogens with zero attached hydrogens (tertiary/aromatic N) is 3. The average molecular weight is 270 g/mol. The molecule has 0 aromatic carbocycles. The molecule has 19 heavy (non-hydrogen) atoms. The second-order valence-electron chi connectivity index (χ2n) is 3.99. The Hall–Kier alpha value is -2.09. The summed E-state index contributed by atoms with van der Waals surface area (Å²) >= 11 is 0. The molecule has 1 heterocycles. The van der Waals surface area contributed by atoms with Gasteiger partial charge in [0.05, 0.1) is 12.8 Å². The van der Waals surface area contributed by atoms with Gasteiger partial charge >= 0.3 is 12.0 Å².